The molecule has 0 saturated carbocycles. The smallest absolute Gasteiger partial charge is 0.176 e. The Morgan fingerprint density at radius 1 is 1.44 bits per heavy atom. The summed E-state index contributed by atoms with van der Waals surface area (Å²) in [6.45, 7) is 2.09. The molecular weight excluding hydrogens is 250 g/mol. The van der Waals surface area contributed by atoms with E-state index in [2.05, 4.69) is 0 Å². The van der Waals surface area contributed by atoms with Crippen molar-refractivity contribution in [1.82, 2.24) is 4.90 Å². The van der Waals surface area contributed by atoms with Gasteiger partial charge in [0.15, 0.2) is 5.78 Å². The van der Waals surface area contributed by atoms with E-state index < -0.39 is 0 Å². The van der Waals surface area contributed by atoms with Gasteiger partial charge in [0.1, 0.15) is 0 Å². The maximum absolute atomic E-state index is 12.0. The van der Waals surface area contributed by atoms with Crippen LogP contribution in [0.15, 0.2) is 24.3 Å². The van der Waals surface area contributed by atoms with E-state index in [4.69, 9.17) is 16.3 Å². The first kappa shape index (κ1) is 13.5. The summed E-state index contributed by atoms with van der Waals surface area (Å²) in [6, 6.07) is 7.03. The molecule has 1 aliphatic heterocycles. The number of Topliss-reactive ketones (excluding diaryl/α,β-unsaturated/α-hetero) is 1. The third kappa shape index (κ3) is 3.80. The second kappa shape index (κ2) is 6.32. The van der Waals surface area contributed by atoms with Gasteiger partial charge < -0.3 is 4.74 Å². The molecule has 1 aromatic carbocycles. The van der Waals surface area contributed by atoms with Gasteiger partial charge >= 0.3 is 0 Å². The van der Waals surface area contributed by atoms with Crippen molar-refractivity contribution in [2.45, 2.75) is 18.9 Å². The zero-order chi connectivity index (χ0) is 13.0. The van der Waals surface area contributed by atoms with Gasteiger partial charge in [-0.1, -0.05) is 11.6 Å². The summed E-state index contributed by atoms with van der Waals surface area (Å²) >= 11 is 5.80. The first-order valence-corrected chi connectivity index (χ1v) is 6.62. The maximum Gasteiger partial charge on any atom is 0.176 e. The monoisotopic (exact) mass is 267 g/mol. The van der Waals surface area contributed by atoms with Gasteiger partial charge in [-0.05, 0) is 44.2 Å². The van der Waals surface area contributed by atoms with Gasteiger partial charge in [0.2, 0.25) is 0 Å². The van der Waals surface area contributed by atoms with Crippen LogP contribution in [0.25, 0.3) is 0 Å². The SMILES string of the molecule is CN(CC(=O)c1ccc(Cl)cc1)CC1CCCO1. The molecule has 1 unspecified atom stereocenters. The number of benzene rings is 1. The molecule has 1 aliphatic rings. The minimum Gasteiger partial charge on any atom is -0.377 e. The van der Waals surface area contributed by atoms with Crippen LogP contribution in [-0.2, 0) is 4.74 Å². The van der Waals surface area contributed by atoms with Crippen LogP contribution in [0, 0.1) is 0 Å². The van der Waals surface area contributed by atoms with E-state index >= 15 is 0 Å². The normalized spacial score (nSPS) is 19.4. The van der Waals surface area contributed by atoms with E-state index in [1.165, 1.54) is 0 Å². The number of nitrogens with zero attached hydrogens (tertiary/aromatic N) is 1. The number of ether oxygens (including phenoxy) is 1. The molecule has 18 heavy (non-hydrogen) atoms. The Kier molecular flexibility index (Phi) is 4.75. The molecule has 1 heterocycles. The highest BCUT2D eigenvalue weighted by Gasteiger charge is 2.18. The van der Waals surface area contributed by atoms with Crippen LogP contribution in [0.5, 0.6) is 0 Å². The predicted molar refractivity (Wildman–Crippen MR) is 72.3 cm³/mol. The van der Waals surface area contributed by atoms with Gasteiger partial charge in [-0.25, -0.2) is 0 Å². The highest BCUT2D eigenvalue weighted by molar-refractivity contribution is 6.30. The minimum atomic E-state index is 0.118. The predicted octanol–water partition coefficient (Wildman–Crippen LogP) is 2.63. The van der Waals surface area contributed by atoms with Crippen molar-refractivity contribution < 1.29 is 9.53 Å². The van der Waals surface area contributed by atoms with Crippen molar-refractivity contribution >= 4 is 17.4 Å². The maximum atomic E-state index is 12.0. The van der Waals surface area contributed by atoms with Gasteiger partial charge in [0.25, 0.3) is 0 Å². The fraction of sp³-hybridized carbons (Fsp3) is 0.500. The number of hydrogen-bond acceptors (Lipinski definition) is 3. The molecule has 98 valence electrons. The van der Waals surface area contributed by atoms with Crippen LogP contribution in [0.1, 0.15) is 23.2 Å². The summed E-state index contributed by atoms with van der Waals surface area (Å²) < 4.78 is 5.56. The number of rotatable bonds is 5. The lowest BCUT2D eigenvalue weighted by Crippen LogP contribution is -2.33. The molecule has 0 aliphatic carbocycles. The van der Waals surface area contributed by atoms with Crippen LogP contribution in [0.4, 0.5) is 0 Å². The lowest BCUT2D eigenvalue weighted by molar-refractivity contribution is 0.0740. The van der Waals surface area contributed by atoms with Gasteiger partial charge in [-0.2, -0.15) is 0 Å². The van der Waals surface area contributed by atoms with Crippen molar-refractivity contribution in [3.63, 3.8) is 0 Å². The number of likely N-dealkylation sites (N-methyl/N-ethyl adjacent to an activating group) is 1. The highest BCUT2D eigenvalue weighted by Crippen LogP contribution is 2.14. The second-order valence-electron chi connectivity index (χ2n) is 4.76. The summed E-state index contributed by atoms with van der Waals surface area (Å²) in [4.78, 5) is 14.0. The van der Waals surface area contributed by atoms with E-state index in [0.29, 0.717) is 17.1 Å². The Morgan fingerprint density at radius 2 is 2.17 bits per heavy atom. The number of ketones is 1. The minimum absolute atomic E-state index is 0.118. The van der Waals surface area contributed by atoms with E-state index in [9.17, 15) is 4.79 Å². The number of carbonyl (C=O) groups is 1. The van der Waals surface area contributed by atoms with E-state index in [1.807, 2.05) is 11.9 Å². The van der Waals surface area contributed by atoms with Crippen LogP contribution < -0.4 is 0 Å². The van der Waals surface area contributed by atoms with Crippen molar-refractivity contribution in [3.05, 3.63) is 34.9 Å². The van der Waals surface area contributed by atoms with Crippen molar-refractivity contribution in [1.29, 1.82) is 0 Å². The molecule has 3 nitrogen and oxygen atoms in total. The number of halogens is 1. The van der Waals surface area contributed by atoms with E-state index in [-0.39, 0.29) is 11.9 Å². The van der Waals surface area contributed by atoms with Crippen molar-refractivity contribution in [2.24, 2.45) is 0 Å². The number of carbonyl (C=O) groups excluding carboxylic acids is 1. The van der Waals surface area contributed by atoms with Crippen molar-refractivity contribution in [2.75, 3.05) is 26.7 Å². The van der Waals surface area contributed by atoms with Gasteiger partial charge in [-0.15, -0.1) is 0 Å². The zero-order valence-electron chi connectivity index (χ0n) is 10.6. The van der Waals surface area contributed by atoms with Crippen LogP contribution in [-0.4, -0.2) is 43.5 Å². The standard InChI is InChI=1S/C14H18ClNO2/c1-16(9-13-3-2-8-18-13)10-14(17)11-4-6-12(15)7-5-11/h4-7,13H,2-3,8-10H2,1H3. The summed E-state index contributed by atoms with van der Waals surface area (Å²) in [6.07, 6.45) is 2.51. The lowest BCUT2D eigenvalue weighted by Gasteiger charge is -2.19. The fourth-order valence-electron chi connectivity index (χ4n) is 2.17. The molecule has 0 spiro atoms. The third-order valence-corrected chi connectivity index (χ3v) is 3.37. The molecule has 1 atom stereocenters. The summed E-state index contributed by atoms with van der Waals surface area (Å²) in [7, 11) is 1.95. The summed E-state index contributed by atoms with van der Waals surface area (Å²) in [5, 5.41) is 0.652. The van der Waals surface area contributed by atoms with E-state index in [0.717, 1.165) is 26.0 Å². The molecule has 4 heteroatoms. The molecule has 1 aromatic rings. The molecule has 2 rings (SSSR count). The van der Waals surface area contributed by atoms with Crippen LogP contribution in [0.3, 0.4) is 0 Å². The third-order valence-electron chi connectivity index (χ3n) is 3.12. The Morgan fingerprint density at radius 3 is 2.78 bits per heavy atom. The largest absolute Gasteiger partial charge is 0.377 e. The molecule has 1 saturated heterocycles. The molecule has 0 bridgehead atoms. The number of hydrogen-bond donors (Lipinski definition) is 0. The lowest BCUT2D eigenvalue weighted by atomic mass is 10.1. The molecular formula is C14H18ClNO2. The zero-order valence-corrected chi connectivity index (χ0v) is 11.3. The second-order valence-corrected chi connectivity index (χ2v) is 5.20. The average molecular weight is 268 g/mol. The summed E-state index contributed by atoms with van der Waals surface area (Å²) in [5.41, 5.74) is 0.707. The first-order chi connectivity index (χ1) is 8.65. The fourth-order valence-corrected chi connectivity index (χ4v) is 2.30. The van der Waals surface area contributed by atoms with Crippen LogP contribution >= 0.6 is 11.6 Å². The highest BCUT2D eigenvalue weighted by atomic mass is 35.5. The molecule has 0 aromatic heterocycles. The molecule has 1 fully saturated rings. The van der Waals surface area contributed by atoms with Gasteiger partial charge in [0, 0.05) is 23.7 Å². The molecule has 0 amide bonds. The Bertz CT molecular complexity index is 399. The van der Waals surface area contributed by atoms with E-state index in [1.54, 1.807) is 24.3 Å². The van der Waals surface area contributed by atoms with Gasteiger partial charge in [-0.3, -0.25) is 9.69 Å². The van der Waals surface area contributed by atoms with Crippen molar-refractivity contribution in [3.8, 4) is 0 Å². The Balaban J connectivity index is 1.84. The molecule has 0 N–H and O–H groups in total. The average Bonchev–Trinajstić information content (AvgIpc) is 2.82. The Labute approximate surface area is 113 Å². The first-order valence-electron chi connectivity index (χ1n) is 6.24. The molecule has 0 radical (unpaired) electrons. The van der Waals surface area contributed by atoms with Crippen LogP contribution in [0.2, 0.25) is 5.02 Å². The Hall–Kier alpha value is -0.900. The quantitative estimate of drug-likeness (QED) is 0.768. The summed E-state index contributed by atoms with van der Waals surface area (Å²) in [5.74, 6) is 0.118. The van der Waals surface area contributed by atoms with Gasteiger partial charge in [0.05, 0.1) is 12.6 Å². The topological polar surface area (TPSA) is 29.5 Å².